The van der Waals surface area contributed by atoms with Crippen molar-refractivity contribution in [1.29, 1.82) is 0 Å². The first kappa shape index (κ1) is 10.7. The molecule has 0 aromatic carbocycles. The zero-order valence-corrected chi connectivity index (χ0v) is 8.88. The molecule has 0 amide bonds. The summed E-state index contributed by atoms with van der Waals surface area (Å²) in [4.78, 5) is 13.8. The van der Waals surface area contributed by atoms with Crippen LogP contribution in [0.2, 0.25) is 0 Å². The molecular formula is C11H21NO. The summed E-state index contributed by atoms with van der Waals surface area (Å²) in [6.45, 7) is 7.58. The molecule has 1 fully saturated rings. The highest BCUT2D eigenvalue weighted by molar-refractivity contribution is 5.80. The summed E-state index contributed by atoms with van der Waals surface area (Å²) >= 11 is 0. The van der Waals surface area contributed by atoms with Gasteiger partial charge in [-0.15, -0.1) is 0 Å². The van der Waals surface area contributed by atoms with Crippen LogP contribution in [0.5, 0.6) is 0 Å². The van der Waals surface area contributed by atoms with Gasteiger partial charge in [0.25, 0.3) is 0 Å². The highest BCUT2D eigenvalue weighted by atomic mass is 16.1. The second-order valence-electron chi connectivity index (χ2n) is 4.27. The van der Waals surface area contributed by atoms with E-state index in [9.17, 15) is 4.79 Å². The van der Waals surface area contributed by atoms with Crippen LogP contribution in [-0.4, -0.2) is 30.3 Å². The van der Waals surface area contributed by atoms with Gasteiger partial charge in [-0.3, -0.25) is 4.79 Å². The highest BCUT2D eigenvalue weighted by Gasteiger charge is 2.12. The van der Waals surface area contributed by atoms with Crippen LogP contribution < -0.4 is 0 Å². The molecule has 0 aromatic rings. The van der Waals surface area contributed by atoms with E-state index in [4.69, 9.17) is 0 Å². The molecule has 0 radical (unpaired) electrons. The molecule has 0 N–H and O–H groups in total. The van der Waals surface area contributed by atoms with Crippen molar-refractivity contribution in [3.05, 3.63) is 0 Å². The third-order valence-corrected chi connectivity index (χ3v) is 2.74. The third-order valence-electron chi connectivity index (χ3n) is 2.74. The Morgan fingerprint density at radius 2 is 1.92 bits per heavy atom. The summed E-state index contributed by atoms with van der Waals surface area (Å²) in [7, 11) is 0. The first-order chi connectivity index (χ1) is 6.20. The summed E-state index contributed by atoms with van der Waals surface area (Å²) in [5, 5.41) is 0. The molecule has 0 saturated carbocycles. The van der Waals surface area contributed by atoms with Gasteiger partial charge in [-0.05, 0) is 38.9 Å². The van der Waals surface area contributed by atoms with E-state index in [1.165, 1.54) is 25.9 Å². The van der Waals surface area contributed by atoms with E-state index in [1.54, 1.807) is 0 Å². The molecule has 2 heteroatoms. The smallest absolute Gasteiger partial charge is 0.135 e. The molecule has 1 aliphatic rings. The van der Waals surface area contributed by atoms with Gasteiger partial charge in [0.15, 0.2) is 0 Å². The zero-order chi connectivity index (χ0) is 9.68. The van der Waals surface area contributed by atoms with Crippen LogP contribution in [0.4, 0.5) is 0 Å². The number of nitrogens with zero attached hydrogens (tertiary/aromatic N) is 1. The first-order valence-corrected chi connectivity index (χ1v) is 5.45. The standard InChI is InChI=1S/C11H21NO/c1-10(2)11(13)6-5-9-12-7-3-4-8-12/h10H,3-9H2,1-2H3. The molecule has 0 aliphatic carbocycles. The van der Waals surface area contributed by atoms with Gasteiger partial charge in [0.1, 0.15) is 5.78 Å². The molecule has 0 spiro atoms. The first-order valence-electron chi connectivity index (χ1n) is 5.45. The molecular weight excluding hydrogens is 162 g/mol. The second-order valence-corrected chi connectivity index (χ2v) is 4.27. The molecule has 1 aliphatic heterocycles. The second kappa shape index (κ2) is 5.38. The van der Waals surface area contributed by atoms with Crippen LogP contribution in [0, 0.1) is 5.92 Å². The molecule has 1 saturated heterocycles. The Hall–Kier alpha value is -0.370. The predicted molar refractivity (Wildman–Crippen MR) is 54.8 cm³/mol. The van der Waals surface area contributed by atoms with Crippen LogP contribution >= 0.6 is 0 Å². The summed E-state index contributed by atoms with van der Waals surface area (Å²) in [6, 6.07) is 0. The largest absolute Gasteiger partial charge is 0.303 e. The van der Waals surface area contributed by atoms with Crippen LogP contribution in [0.1, 0.15) is 39.5 Å². The van der Waals surface area contributed by atoms with Gasteiger partial charge in [-0.2, -0.15) is 0 Å². The molecule has 0 bridgehead atoms. The molecule has 76 valence electrons. The summed E-state index contributed by atoms with van der Waals surface area (Å²) in [5.74, 6) is 0.637. The van der Waals surface area contributed by atoms with Crippen molar-refractivity contribution in [2.45, 2.75) is 39.5 Å². The van der Waals surface area contributed by atoms with E-state index >= 15 is 0 Å². The molecule has 0 unspecified atom stereocenters. The Morgan fingerprint density at radius 3 is 2.46 bits per heavy atom. The lowest BCUT2D eigenvalue weighted by Crippen LogP contribution is -2.21. The predicted octanol–water partition coefficient (Wildman–Crippen LogP) is 2.09. The normalized spacial score (nSPS) is 18.4. The average molecular weight is 183 g/mol. The summed E-state index contributed by atoms with van der Waals surface area (Å²) in [6.07, 6.45) is 4.52. The van der Waals surface area contributed by atoms with E-state index in [0.717, 1.165) is 19.4 Å². The van der Waals surface area contributed by atoms with E-state index in [-0.39, 0.29) is 5.92 Å². The van der Waals surface area contributed by atoms with E-state index in [2.05, 4.69) is 4.90 Å². The minimum atomic E-state index is 0.221. The number of rotatable bonds is 5. The number of carbonyl (C=O) groups excluding carboxylic acids is 1. The Morgan fingerprint density at radius 1 is 1.31 bits per heavy atom. The lowest BCUT2D eigenvalue weighted by molar-refractivity contribution is -0.122. The van der Waals surface area contributed by atoms with Crippen molar-refractivity contribution in [3.63, 3.8) is 0 Å². The van der Waals surface area contributed by atoms with Crippen LogP contribution in [0.3, 0.4) is 0 Å². The van der Waals surface area contributed by atoms with Crippen LogP contribution in [-0.2, 0) is 4.79 Å². The zero-order valence-electron chi connectivity index (χ0n) is 8.88. The fraction of sp³-hybridized carbons (Fsp3) is 0.909. The minimum Gasteiger partial charge on any atom is -0.303 e. The minimum absolute atomic E-state index is 0.221. The Balaban J connectivity index is 2.03. The molecule has 0 atom stereocenters. The van der Waals surface area contributed by atoms with Gasteiger partial charge in [0.2, 0.25) is 0 Å². The monoisotopic (exact) mass is 183 g/mol. The third kappa shape index (κ3) is 3.90. The SMILES string of the molecule is CC(C)C(=O)CCCN1CCCC1. The van der Waals surface area contributed by atoms with Crippen LogP contribution in [0.15, 0.2) is 0 Å². The van der Waals surface area contributed by atoms with E-state index in [0.29, 0.717) is 5.78 Å². The topological polar surface area (TPSA) is 20.3 Å². The molecule has 2 nitrogen and oxygen atoms in total. The fourth-order valence-electron chi connectivity index (χ4n) is 1.77. The van der Waals surface area contributed by atoms with Gasteiger partial charge in [-0.1, -0.05) is 13.8 Å². The number of likely N-dealkylation sites (tertiary alicyclic amines) is 1. The van der Waals surface area contributed by atoms with Crippen LogP contribution in [0.25, 0.3) is 0 Å². The Bertz CT molecular complexity index is 159. The van der Waals surface area contributed by atoms with Crippen molar-refractivity contribution in [1.82, 2.24) is 4.90 Å². The lowest BCUT2D eigenvalue weighted by Gasteiger charge is -2.13. The van der Waals surface area contributed by atoms with Gasteiger partial charge >= 0.3 is 0 Å². The van der Waals surface area contributed by atoms with Gasteiger partial charge < -0.3 is 4.90 Å². The number of hydrogen-bond donors (Lipinski definition) is 0. The molecule has 1 rings (SSSR count). The van der Waals surface area contributed by atoms with Crippen molar-refractivity contribution < 1.29 is 4.79 Å². The maximum Gasteiger partial charge on any atom is 0.135 e. The average Bonchev–Trinajstić information content (AvgIpc) is 2.56. The number of carbonyl (C=O) groups is 1. The number of ketones is 1. The molecule has 1 heterocycles. The van der Waals surface area contributed by atoms with Crippen molar-refractivity contribution in [2.75, 3.05) is 19.6 Å². The Labute approximate surface area is 81.3 Å². The number of hydrogen-bond acceptors (Lipinski definition) is 2. The highest BCUT2D eigenvalue weighted by Crippen LogP contribution is 2.09. The maximum absolute atomic E-state index is 11.3. The quantitative estimate of drug-likeness (QED) is 0.650. The van der Waals surface area contributed by atoms with Gasteiger partial charge in [0.05, 0.1) is 0 Å². The fourth-order valence-corrected chi connectivity index (χ4v) is 1.77. The lowest BCUT2D eigenvalue weighted by atomic mass is 10.0. The summed E-state index contributed by atoms with van der Waals surface area (Å²) in [5.41, 5.74) is 0. The van der Waals surface area contributed by atoms with Gasteiger partial charge in [-0.25, -0.2) is 0 Å². The summed E-state index contributed by atoms with van der Waals surface area (Å²) < 4.78 is 0. The number of Topliss-reactive ketones (excluding diaryl/α,β-unsaturated/α-hetero) is 1. The van der Waals surface area contributed by atoms with E-state index < -0.39 is 0 Å². The van der Waals surface area contributed by atoms with Crippen molar-refractivity contribution >= 4 is 5.78 Å². The van der Waals surface area contributed by atoms with Crippen molar-refractivity contribution in [3.8, 4) is 0 Å². The van der Waals surface area contributed by atoms with Crippen molar-refractivity contribution in [2.24, 2.45) is 5.92 Å². The van der Waals surface area contributed by atoms with Gasteiger partial charge in [0, 0.05) is 12.3 Å². The Kier molecular flexibility index (Phi) is 4.43. The van der Waals surface area contributed by atoms with E-state index in [1.807, 2.05) is 13.8 Å². The molecule has 13 heavy (non-hydrogen) atoms. The maximum atomic E-state index is 11.3. The molecule has 0 aromatic heterocycles.